The Morgan fingerprint density at radius 3 is 2.32 bits per heavy atom. The summed E-state index contributed by atoms with van der Waals surface area (Å²) in [5.41, 5.74) is 0.712. The molecule has 0 bridgehead atoms. The number of hydrogen-bond acceptors (Lipinski definition) is 5. The van der Waals surface area contributed by atoms with E-state index in [1.54, 1.807) is 41.2 Å². The number of nitrogens with zero attached hydrogens (tertiary/aromatic N) is 3. The van der Waals surface area contributed by atoms with Gasteiger partial charge in [-0.15, -0.1) is 0 Å². The van der Waals surface area contributed by atoms with Gasteiger partial charge in [0.25, 0.3) is 0 Å². The van der Waals surface area contributed by atoms with E-state index in [4.69, 9.17) is 4.74 Å². The minimum atomic E-state index is -3.65. The van der Waals surface area contributed by atoms with Crippen LogP contribution in [0.5, 0.6) is 5.75 Å². The molecule has 1 atom stereocenters. The highest BCUT2D eigenvalue weighted by molar-refractivity contribution is 7.89. The van der Waals surface area contributed by atoms with E-state index < -0.39 is 16.1 Å². The molecular weight excluding hydrogens is 459 g/mol. The molecule has 34 heavy (non-hydrogen) atoms. The highest BCUT2D eigenvalue weighted by Gasteiger charge is 2.33. The van der Waals surface area contributed by atoms with Crippen LogP contribution in [0.2, 0.25) is 0 Å². The number of sulfonamides is 1. The first kappa shape index (κ1) is 23.9. The van der Waals surface area contributed by atoms with Crippen molar-refractivity contribution in [2.24, 2.45) is 13.0 Å². The first-order valence-corrected chi connectivity index (χ1v) is 12.4. The summed E-state index contributed by atoms with van der Waals surface area (Å²) < 4.78 is 47.7. The van der Waals surface area contributed by atoms with E-state index in [9.17, 15) is 17.6 Å². The number of imidazole rings is 1. The van der Waals surface area contributed by atoms with Gasteiger partial charge in [-0.1, -0.05) is 12.1 Å². The Hall–Kier alpha value is -3.24. The Bertz CT molecular complexity index is 1230. The number of carbonyl (C=O) groups excluding carboxylic acids is 1. The number of rotatable bonds is 7. The summed E-state index contributed by atoms with van der Waals surface area (Å²) in [6, 6.07) is 11.7. The molecular formula is C24H27FN4O4S. The predicted octanol–water partition coefficient (Wildman–Crippen LogP) is 2.87. The van der Waals surface area contributed by atoms with Gasteiger partial charge in [0.1, 0.15) is 23.4 Å². The van der Waals surface area contributed by atoms with E-state index in [2.05, 4.69) is 10.3 Å². The third kappa shape index (κ3) is 4.97. The molecule has 0 spiro atoms. The lowest BCUT2D eigenvalue weighted by Crippen LogP contribution is -2.44. The van der Waals surface area contributed by atoms with Gasteiger partial charge >= 0.3 is 0 Å². The average molecular weight is 487 g/mol. The summed E-state index contributed by atoms with van der Waals surface area (Å²) in [7, 11) is -0.302. The predicted molar refractivity (Wildman–Crippen MR) is 124 cm³/mol. The van der Waals surface area contributed by atoms with Crippen molar-refractivity contribution in [3.8, 4) is 5.75 Å². The number of hydrogen-bond donors (Lipinski definition) is 1. The van der Waals surface area contributed by atoms with Crippen LogP contribution >= 0.6 is 0 Å². The van der Waals surface area contributed by atoms with Crippen molar-refractivity contribution in [3.05, 3.63) is 78.1 Å². The van der Waals surface area contributed by atoms with Crippen LogP contribution in [0.1, 0.15) is 30.3 Å². The van der Waals surface area contributed by atoms with Crippen molar-refractivity contribution in [3.63, 3.8) is 0 Å². The molecule has 1 aliphatic heterocycles. The van der Waals surface area contributed by atoms with Crippen molar-refractivity contribution in [2.45, 2.75) is 23.8 Å². The summed E-state index contributed by atoms with van der Waals surface area (Å²) in [6.07, 6.45) is 4.22. The van der Waals surface area contributed by atoms with Crippen LogP contribution in [0, 0.1) is 11.7 Å². The molecule has 0 saturated carbocycles. The summed E-state index contributed by atoms with van der Waals surface area (Å²) in [6.45, 7) is 0.492. The summed E-state index contributed by atoms with van der Waals surface area (Å²) in [5.74, 6) is 0.320. The topological polar surface area (TPSA) is 93.5 Å². The number of halogens is 1. The van der Waals surface area contributed by atoms with Crippen molar-refractivity contribution < 1.29 is 22.3 Å². The Morgan fingerprint density at radius 2 is 1.76 bits per heavy atom. The van der Waals surface area contributed by atoms with Crippen molar-refractivity contribution in [2.75, 3.05) is 20.2 Å². The zero-order valence-corrected chi connectivity index (χ0v) is 19.8. The van der Waals surface area contributed by atoms with E-state index in [0.29, 0.717) is 30.0 Å². The van der Waals surface area contributed by atoms with Gasteiger partial charge in [-0.05, 0) is 54.8 Å². The number of methoxy groups -OCH3 is 1. The monoisotopic (exact) mass is 486 g/mol. The lowest BCUT2D eigenvalue weighted by atomic mass is 9.96. The Balaban J connectivity index is 1.44. The van der Waals surface area contributed by atoms with Crippen LogP contribution < -0.4 is 10.1 Å². The lowest BCUT2D eigenvalue weighted by molar-refractivity contribution is -0.126. The van der Waals surface area contributed by atoms with E-state index in [1.165, 1.54) is 35.7 Å². The molecule has 1 fully saturated rings. The fourth-order valence-corrected chi connectivity index (χ4v) is 5.59. The summed E-state index contributed by atoms with van der Waals surface area (Å²) in [4.78, 5) is 17.7. The first-order valence-electron chi connectivity index (χ1n) is 11.0. The minimum Gasteiger partial charge on any atom is -0.497 e. The lowest BCUT2D eigenvalue weighted by Gasteiger charge is -2.31. The number of piperidine rings is 1. The number of aryl methyl sites for hydroxylation is 1. The van der Waals surface area contributed by atoms with Crippen LogP contribution in [0.4, 0.5) is 4.39 Å². The molecule has 180 valence electrons. The van der Waals surface area contributed by atoms with Crippen LogP contribution in [0.25, 0.3) is 0 Å². The third-order valence-electron chi connectivity index (χ3n) is 6.13. The van der Waals surface area contributed by atoms with Crippen LogP contribution in [-0.4, -0.2) is 48.4 Å². The number of ether oxygens (including phenoxy) is 1. The van der Waals surface area contributed by atoms with Gasteiger partial charge in [0, 0.05) is 38.4 Å². The van der Waals surface area contributed by atoms with Crippen LogP contribution in [0.3, 0.4) is 0 Å². The van der Waals surface area contributed by atoms with Crippen molar-refractivity contribution in [1.29, 1.82) is 0 Å². The van der Waals surface area contributed by atoms with E-state index in [1.807, 2.05) is 7.05 Å². The second-order valence-corrected chi connectivity index (χ2v) is 10.2. The van der Waals surface area contributed by atoms with E-state index >= 15 is 0 Å². The molecule has 0 aliphatic carbocycles. The van der Waals surface area contributed by atoms with Gasteiger partial charge in [0.15, 0.2) is 0 Å². The highest BCUT2D eigenvalue weighted by Crippen LogP contribution is 2.27. The number of benzene rings is 2. The van der Waals surface area contributed by atoms with Gasteiger partial charge in [-0.3, -0.25) is 4.79 Å². The maximum atomic E-state index is 13.5. The SMILES string of the molecule is COc1ccc(S(=O)(=O)N2CCC(C(=O)NC(c3ccc(F)cc3)c3nccn3C)CC2)cc1. The molecule has 2 aromatic carbocycles. The highest BCUT2D eigenvalue weighted by atomic mass is 32.2. The minimum absolute atomic E-state index is 0.182. The molecule has 0 radical (unpaired) electrons. The molecule has 3 aromatic rings. The van der Waals surface area contributed by atoms with Crippen LogP contribution in [0.15, 0.2) is 65.8 Å². The number of nitrogens with one attached hydrogen (secondary N) is 1. The zero-order chi connectivity index (χ0) is 24.3. The molecule has 1 N–H and O–H groups in total. The zero-order valence-electron chi connectivity index (χ0n) is 19.0. The van der Waals surface area contributed by atoms with Gasteiger partial charge in [-0.2, -0.15) is 4.31 Å². The molecule has 8 nitrogen and oxygen atoms in total. The summed E-state index contributed by atoms with van der Waals surface area (Å²) in [5, 5.41) is 3.04. The maximum absolute atomic E-state index is 13.5. The van der Waals surface area contributed by atoms with Crippen molar-refractivity contribution >= 4 is 15.9 Å². The summed E-state index contributed by atoms with van der Waals surface area (Å²) >= 11 is 0. The van der Waals surface area contributed by atoms with E-state index in [-0.39, 0.29) is 35.6 Å². The molecule has 1 aliphatic rings. The third-order valence-corrected chi connectivity index (χ3v) is 8.04. The molecule has 1 unspecified atom stereocenters. The fraction of sp³-hybridized carbons (Fsp3) is 0.333. The standard InChI is InChI=1S/C24H27FN4O4S/c1-28-16-13-26-23(28)22(17-3-5-19(25)6-4-17)27-24(30)18-11-14-29(15-12-18)34(31,32)21-9-7-20(33-2)8-10-21/h3-10,13,16,18,22H,11-12,14-15H2,1-2H3,(H,27,30). The molecule has 1 amide bonds. The Labute approximate surface area is 198 Å². The molecule has 1 aromatic heterocycles. The smallest absolute Gasteiger partial charge is 0.243 e. The molecule has 4 rings (SSSR count). The first-order chi connectivity index (χ1) is 16.3. The number of carbonyl (C=O) groups is 1. The van der Waals surface area contributed by atoms with E-state index in [0.717, 1.165) is 0 Å². The van der Waals surface area contributed by atoms with Gasteiger partial charge < -0.3 is 14.6 Å². The average Bonchev–Trinajstić information content (AvgIpc) is 3.28. The Morgan fingerprint density at radius 1 is 1.12 bits per heavy atom. The molecule has 1 saturated heterocycles. The normalized spacial score (nSPS) is 16.2. The number of amides is 1. The van der Waals surface area contributed by atoms with Gasteiger partial charge in [0.05, 0.1) is 12.0 Å². The number of aromatic nitrogens is 2. The second-order valence-electron chi connectivity index (χ2n) is 8.24. The Kier molecular flexibility index (Phi) is 6.99. The van der Waals surface area contributed by atoms with Crippen LogP contribution in [-0.2, 0) is 21.9 Å². The fourth-order valence-electron chi connectivity index (χ4n) is 4.12. The maximum Gasteiger partial charge on any atom is 0.243 e. The largest absolute Gasteiger partial charge is 0.497 e. The van der Waals surface area contributed by atoms with Gasteiger partial charge in [-0.25, -0.2) is 17.8 Å². The molecule has 10 heteroatoms. The quantitative estimate of drug-likeness (QED) is 0.554. The van der Waals surface area contributed by atoms with Gasteiger partial charge in [0.2, 0.25) is 15.9 Å². The second kappa shape index (κ2) is 9.94. The molecule has 2 heterocycles. The van der Waals surface area contributed by atoms with Crippen molar-refractivity contribution in [1.82, 2.24) is 19.2 Å².